The minimum absolute atomic E-state index is 0.387. The van der Waals surface area contributed by atoms with Crippen LogP contribution < -0.4 is 5.32 Å². The van der Waals surface area contributed by atoms with Crippen molar-refractivity contribution in [1.82, 2.24) is 5.32 Å². The molecule has 14 heavy (non-hydrogen) atoms. The van der Waals surface area contributed by atoms with Crippen LogP contribution in [0.25, 0.3) is 0 Å². The van der Waals surface area contributed by atoms with E-state index in [4.69, 9.17) is 5.11 Å². The summed E-state index contributed by atoms with van der Waals surface area (Å²) in [7, 11) is 0. The molecule has 0 aromatic carbocycles. The van der Waals surface area contributed by atoms with Gasteiger partial charge in [-0.05, 0) is 11.8 Å². The lowest BCUT2D eigenvalue weighted by Crippen LogP contribution is -2.38. The van der Waals surface area contributed by atoms with Gasteiger partial charge in [0.05, 0.1) is 6.54 Å². The number of carbonyl (C=O) groups is 1. The molecule has 80 valence electrons. The van der Waals surface area contributed by atoms with E-state index < -0.39 is 5.97 Å². The van der Waals surface area contributed by atoms with Gasteiger partial charge in [-0.15, -0.1) is 0 Å². The van der Waals surface area contributed by atoms with Crippen LogP contribution in [0.5, 0.6) is 0 Å². The van der Waals surface area contributed by atoms with Gasteiger partial charge in [-0.2, -0.15) is 0 Å². The van der Waals surface area contributed by atoms with Gasteiger partial charge in [0.15, 0.2) is 0 Å². The largest absolute Gasteiger partial charge is 0.472 e. The second-order valence-corrected chi connectivity index (χ2v) is 4.00. The molecule has 3 nitrogen and oxygen atoms in total. The van der Waals surface area contributed by atoms with Gasteiger partial charge in [-0.3, -0.25) is 0 Å². The van der Waals surface area contributed by atoms with Crippen LogP contribution in [0, 0.1) is 23.7 Å². The van der Waals surface area contributed by atoms with Gasteiger partial charge in [0.25, 0.3) is 0 Å². The van der Waals surface area contributed by atoms with E-state index in [1.54, 1.807) is 0 Å². The Kier molecular flexibility index (Phi) is 5.98. The summed E-state index contributed by atoms with van der Waals surface area (Å²) in [6, 6.07) is 0.387. The van der Waals surface area contributed by atoms with Crippen molar-refractivity contribution in [2.24, 2.45) is 11.8 Å². The van der Waals surface area contributed by atoms with E-state index in [-0.39, 0.29) is 0 Å². The zero-order valence-electron chi connectivity index (χ0n) is 9.29. The molecule has 0 amide bonds. The maximum absolute atomic E-state index is 10.1. The molecule has 0 aliphatic carbocycles. The molecule has 0 fully saturated rings. The third-order valence-corrected chi connectivity index (χ3v) is 2.06. The van der Waals surface area contributed by atoms with Crippen molar-refractivity contribution < 1.29 is 9.90 Å². The molecule has 2 N–H and O–H groups in total. The first-order valence-corrected chi connectivity index (χ1v) is 4.90. The van der Waals surface area contributed by atoms with E-state index in [0.29, 0.717) is 24.4 Å². The summed E-state index contributed by atoms with van der Waals surface area (Å²) < 4.78 is 0. The second-order valence-electron chi connectivity index (χ2n) is 4.00. The van der Waals surface area contributed by atoms with E-state index in [0.717, 1.165) is 0 Å². The number of rotatable bonds is 4. The van der Waals surface area contributed by atoms with Crippen LogP contribution in [0.1, 0.15) is 27.7 Å². The SMILES string of the molecule is CC(C)C(NCC#CC(=O)O)C(C)C. The zero-order chi connectivity index (χ0) is 11.1. The van der Waals surface area contributed by atoms with Crippen molar-refractivity contribution in [3.05, 3.63) is 0 Å². The summed E-state index contributed by atoms with van der Waals surface area (Å²) in [5.41, 5.74) is 0. The number of carboxylic acids is 1. The fourth-order valence-corrected chi connectivity index (χ4v) is 1.53. The number of carboxylic acid groups (broad SMARTS) is 1. The number of hydrogen-bond donors (Lipinski definition) is 2. The molecule has 0 spiro atoms. The summed E-state index contributed by atoms with van der Waals surface area (Å²) in [4.78, 5) is 10.1. The molecule has 0 aliphatic rings. The Labute approximate surface area is 85.9 Å². The molecule has 0 radical (unpaired) electrons. The predicted molar refractivity (Wildman–Crippen MR) is 56.9 cm³/mol. The van der Waals surface area contributed by atoms with Gasteiger partial charge >= 0.3 is 5.97 Å². The molecule has 0 rings (SSSR count). The van der Waals surface area contributed by atoms with Crippen molar-refractivity contribution in [3.63, 3.8) is 0 Å². The lowest BCUT2D eigenvalue weighted by Gasteiger charge is -2.25. The van der Waals surface area contributed by atoms with E-state index in [1.165, 1.54) is 0 Å². The Hall–Kier alpha value is -1.01. The number of hydrogen-bond acceptors (Lipinski definition) is 2. The third kappa shape index (κ3) is 5.60. The highest BCUT2D eigenvalue weighted by Crippen LogP contribution is 2.10. The summed E-state index contributed by atoms with van der Waals surface area (Å²) >= 11 is 0. The van der Waals surface area contributed by atoms with Gasteiger partial charge in [0, 0.05) is 12.0 Å². The molecule has 0 aromatic rings. The summed E-state index contributed by atoms with van der Waals surface area (Å²) in [6.45, 7) is 9.00. The van der Waals surface area contributed by atoms with Crippen molar-refractivity contribution in [2.45, 2.75) is 33.7 Å². The standard InChI is InChI=1S/C11H19NO2/c1-8(2)11(9(3)4)12-7-5-6-10(13)14/h8-9,11-12H,7H2,1-4H3,(H,13,14). The Bertz CT molecular complexity index is 227. The van der Waals surface area contributed by atoms with Crippen LogP contribution in [0.4, 0.5) is 0 Å². The molecule has 0 bridgehead atoms. The average Bonchev–Trinajstić information content (AvgIpc) is 2.01. The quantitative estimate of drug-likeness (QED) is 0.669. The van der Waals surface area contributed by atoms with Crippen LogP contribution in [-0.2, 0) is 4.79 Å². The third-order valence-electron chi connectivity index (χ3n) is 2.06. The molecule has 0 saturated heterocycles. The van der Waals surface area contributed by atoms with Crippen LogP contribution in [-0.4, -0.2) is 23.7 Å². The Morgan fingerprint density at radius 1 is 1.29 bits per heavy atom. The normalized spacial score (nSPS) is 10.5. The monoisotopic (exact) mass is 197 g/mol. The van der Waals surface area contributed by atoms with E-state index in [1.807, 2.05) is 0 Å². The molecule has 0 atom stereocenters. The molecule has 0 saturated carbocycles. The fraction of sp³-hybridized carbons (Fsp3) is 0.727. The molecular weight excluding hydrogens is 178 g/mol. The molecule has 0 aliphatic heterocycles. The van der Waals surface area contributed by atoms with Gasteiger partial charge in [-0.1, -0.05) is 33.6 Å². The zero-order valence-corrected chi connectivity index (χ0v) is 9.29. The predicted octanol–water partition coefficient (Wildman–Crippen LogP) is 1.34. The van der Waals surface area contributed by atoms with E-state index >= 15 is 0 Å². The lowest BCUT2D eigenvalue weighted by atomic mass is 9.93. The highest BCUT2D eigenvalue weighted by molar-refractivity contribution is 5.86. The highest BCUT2D eigenvalue weighted by atomic mass is 16.4. The van der Waals surface area contributed by atoms with Crippen LogP contribution >= 0.6 is 0 Å². The van der Waals surface area contributed by atoms with Crippen molar-refractivity contribution in [3.8, 4) is 11.8 Å². The number of nitrogens with one attached hydrogen (secondary N) is 1. The first-order valence-electron chi connectivity index (χ1n) is 4.90. The molecular formula is C11H19NO2. The second kappa shape index (κ2) is 6.44. The fourth-order valence-electron chi connectivity index (χ4n) is 1.53. The van der Waals surface area contributed by atoms with Crippen molar-refractivity contribution in [2.75, 3.05) is 6.54 Å². The van der Waals surface area contributed by atoms with Gasteiger partial charge in [0.2, 0.25) is 0 Å². The Balaban J connectivity index is 3.97. The summed E-state index contributed by atoms with van der Waals surface area (Å²) in [5, 5.41) is 11.5. The van der Waals surface area contributed by atoms with Crippen LogP contribution in [0.15, 0.2) is 0 Å². The summed E-state index contributed by atoms with van der Waals surface area (Å²) in [5.74, 6) is 4.63. The molecule has 0 heterocycles. The summed E-state index contributed by atoms with van der Waals surface area (Å²) in [6.07, 6.45) is 0. The topological polar surface area (TPSA) is 49.3 Å². The van der Waals surface area contributed by atoms with Crippen LogP contribution in [0.2, 0.25) is 0 Å². The van der Waals surface area contributed by atoms with Gasteiger partial charge in [0.1, 0.15) is 0 Å². The maximum atomic E-state index is 10.1. The smallest absolute Gasteiger partial charge is 0.381 e. The first kappa shape index (κ1) is 13.0. The molecule has 0 unspecified atom stereocenters. The average molecular weight is 197 g/mol. The number of aliphatic carboxylic acids is 1. The van der Waals surface area contributed by atoms with Crippen molar-refractivity contribution in [1.29, 1.82) is 0 Å². The first-order chi connectivity index (χ1) is 6.45. The highest BCUT2D eigenvalue weighted by Gasteiger charge is 2.15. The molecule has 3 heteroatoms. The minimum Gasteiger partial charge on any atom is -0.472 e. The maximum Gasteiger partial charge on any atom is 0.381 e. The van der Waals surface area contributed by atoms with Gasteiger partial charge in [-0.25, -0.2) is 4.79 Å². The van der Waals surface area contributed by atoms with E-state index in [2.05, 4.69) is 44.9 Å². The minimum atomic E-state index is -1.07. The van der Waals surface area contributed by atoms with Crippen LogP contribution in [0.3, 0.4) is 0 Å². The Morgan fingerprint density at radius 3 is 2.14 bits per heavy atom. The Morgan fingerprint density at radius 2 is 1.79 bits per heavy atom. The molecule has 0 aromatic heterocycles. The van der Waals surface area contributed by atoms with E-state index in [9.17, 15) is 4.79 Å². The van der Waals surface area contributed by atoms with Crippen molar-refractivity contribution >= 4 is 5.97 Å². The van der Waals surface area contributed by atoms with Gasteiger partial charge < -0.3 is 10.4 Å². The lowest BCUT2D eigenvalue weighted by molar-refractivity contribution is -0.130.